The Morgan fingerprint density at radius 3 is 2.49 bits per heavy atom. The molecule has 0 spiro atoms. The van der Waals surface area contributed by atoms with Crippen LogP contribution in [-0.2, 0) is 13.2 Å². The topological polar surface area (TPSA) is 111 Å². The van der Waals surface area contributed by atoms with E-state index in [0.29, 0.717) is 54.1 Å². The number of rotatable bonds is 5. The van der Waals surface area contributed by atoms with Crippen LogP contribution in [-0.4, -0.2) is 76.1 Å². The monoisotopic (exact) mass is 541 g/mol. The van der Waals surface area contributed by atoms with Gasteiger partial charge in [0.15, 0.2) is 5.69 Å². The van der Waals surface area contributed by atoms with Crippen LogP contribution < -0.4 is 15.4 Å². The lowest BCUT2D eigenvalue weighted by atomic mass is 10.0. The lowest BCUT2D eigenvalue weighted by Gasteiger charge is -2.23. The van der Waals surface area contributed by atoms with Gasteiger partial charge >= 0.3 is 6.18 Å². The normalized spacial score (nSPS) is 18.9. The van der Waals surface area contributed by atoms with E-state index in [0.717, 1.165) is 36.1 Å². The van der Waals surface area contributed by atoms with Crippen LogP contribution in [0.25, 0.3) is 17.1 Å². The van der Waals surface area contributed by atoms with Gasteiger partial charge in [-0.3, -0.25) is 4.99 Å². The van der Waals surface area contributed by atoms with Crippen LogP contribution in [0, 0.1) is 0 Å². The van der Waals surface area contributed by atoms with Gasteiger partial charge in [0.05, 0.1) is 30.6 Å². The van der Waals surface area contributed by atoms with Gasteiger partial charge in [0.2, 0.25) is 5.88 Å². The van der Waals surface area contributed by atoms with E-state index in [2.05, 4.69) is 29.8 Å². The zero-order valence-corrected chi connectivity index (χ0v) is 22.2. The summed E-state index contributed by atoms with van der Waals surface area (Å²) in [5.74, 6) is 2.31. The van der Waals surface area contributed by atoms with Crippen LogP contribution in [0.15, 0.2) is 41.4 Å². The molecule has 4 heterocycles. The maximum Gasteiger partial charge on any atom is 0.434 e. The lowest BCUT2D eigenvalue weighted by molar-refractivity contribution is -0.140. The number of hydrogen-bond donors (Lipinski definition) is 1. The summed E-state index contributed by atoms with van der Waals surface area (Å²) in [4.78, 5) is 25.8. The molecule has 13 heteroatoms. The van der Waals surface area contributed by atoms with Crippen molar-refractivity contribution >= 4 is 17.4 Å². The quantitative estimate of drug-likeness (QED) is 0.524. The molecule has 2 aliphatic rings. The van der Waals surface area contributed by atoms with E-state index in [1.807, 2.05) is 11.9 Å². The molecule has 5 rings (SSSR count). The van der Waals surface area contributed by atoms with Crippen LogP contribution in [0.2, 0.25) is 0 Å². The molecule has 0 aromatic carbocycles. The molecule has 0 unspecified atom stereocenters. The first-order chi connectivity index (χ1) is 18.6. The molecule has 3 aromatic rings. The lowest BCUT2D eigenvalue weighted by Crippen LogP contribution is -2.30. The molecule has 0 bridgehead atoms. The first kappa shape index (κ1) is 26.4. The van der Waals surface area contributed by atoms with Crippen molar-refractivity contribution in [3.05, 3.63) is 53.4 Å². The van der Waals surface area contributed by atoms with Crippen LogP contribution in [0.4, 0.5) is 19.0 Å². The van der Waals surface area contributed by atoms with E-state index in [1.165, 1.54) is 24.1 Å². The molecule has 0 atom stereocenters. The third-order valence-electron chi connectivity index (χ3n) is 6.99. The van der Waals surface area contributed by atoms with Gasteiger partial charge < -0.3 is 24.8 Å². The Morgan fingerprint density at radius 1 is 1.13 bits per heavy atom. The first-order valence-electron chi connectivity index (χ1n) is 12.5. The molecule has 2 N–H and O–H groups in total. The van der Waals surface area contributed by atoms with E-state index in [9.17, 15) is 13.2 Å². The molecule has 39 heavy (non-hydrogen) atoms. The molecule has 0 amide bonds. The SMILES string of the molecule is CN=C1/C(=C(\N)c2c(OC)ncnc2C2CC2)CN(c2ccc(-c3nc(C(F)(F)F)cn3C)cn2)CCN1C. The smallest absolute Gasteiger partial charge is 0.434 e. The van der Waals surface area contributed by atoms with Gasteiger partial charge in [-0.2, -0.15) is 13.2 Å². The van der Waals surface area contributed by atoms with Gasteiger partial charge in [-0.25, -0.2) is 19.9 Å². The van der Waals surface area contributed by atoms with Crippen molar-refractivity contribution in [3.8, 4) is 17.3 Å². The predicted octanol–water partition coefficient (Wildman–Crippen LogP) is 3.33. The summed E-state index contributed by atoms with van der Waals surface area (Å²) < 4.78 is 46.3. The van der Waals surface area contributed by atoms with Gasteiger partial charge in [0.25, 0.3) is 0 Å². The number of alkyl halides is 3. The number of pyridine rings is 1. The number of nitrogens with zero attached hydrogens (tertiary/aromatic N) is 8. The van der Waals surface area contributed by atoms with Crippen LogP contribution in [0.3, 0.4) is 0 Å². The Bertz CT molecular complexity index is 1430. The number of nitrogens with two attached hydrogens (primary N) is 1. The zero-order valence-electron chi connectivity index (χ0n) is 22.2. The van der Waals surface area contributed by atoms with E-state index < -0.39 is 11.9 Å². The van der Waals surface area contributed by atoms with Crippen LogP contribution in [0.5, 0.6) is 5.88 Å². The average molecular weight is 542 g/mol. The number of aryl methyl sites for hydroxylation is 1. The van der Waals surface area contributed by atoms with Crippen LogP contribution in [0.1, 0.15) is 35.7 Å². The van der Waals surface area contributed by atoms with E-state index in [1.54, 1.807) is 26.3 Å². The highest BCUT2D eigenvalue weighted by molar-refractivity contribution is 6.06. The maximum atomic E-state index is 13.1. The van der Waals surface area contributed by atoms with Gasteiger partial charge in [-0.15, -0.1) is 0 Å². The van der Waals surface area contributed by atoms with E-state index in [-0.39, 0.29) is 5.82 Å². The maximum absolute atomic E-state index is 13.1. The third-order valence-corrected chi connectivity index (χ3v) is 6.99. The number of hydrogen-bond acceptors (Lipinski definition) is 8. The molecule has 1 aliphatic heterocycles. The van der Waals surface area contributed by atoms with Gasteiger partial charge in [-0.1, -0.05) is 0 Å². The third kappa shape index (κ3) is 5.12. The van der Waals surface area contributed by atoms with Crippen molar-refractivity contribution in [2.45, 2.75) is 24.9 Å². The van der Waals surface area contributed by atoms with E-state index >= 15 is 0 Å². The van der Waals surface area contributed by atoms with E-state index in [4.69, 9.17) is 10.5 Å². The summed E-state index contributed by atoms with van der Waals surface area (Å²) in [6.45, 7) is 1.67. The molecular formula is C26H30F3N9O. The van der Waals surface area contributed by atoms with Gasteiger partial charge in [-0.05, 0) is 25.0 Å². The Labute approximate surface area is 224 Å². The molecule has 0 radical (unpaired) electrons. The minimum atomic E-state index is -4.52. The highest BCUT2D eigenvalue weighted by Gasteiger charge is 2.35. The van der Waals surface area contributed by atoms with Crippen molar-refractivity contribution in [2.24, 2.45) is 17.8 Å². The minimum absolute atomic E-state index is 0.186. The van der Waals surface area contributed by atoms with Crippen molar-refractivity contribution in [1.82, 2.24) is 29.4 Å². The fraction of sp³-hybridized carbons (Fsp3) is 0.423. The second-order valence-electron chi connectivity index (χ2n) is 9.66. The minimum Gasteiger partial charge on any atom is -0.480 e. The second kappa shape index (κ2) is 10.2. The number of likely N-dealkylation sites (N-methyl/N-ethyl adjacent to an activating group) is 1. The molecule has 2 fully saturated rings. The molecule has 1 aliphatic carbocycles. The molecule has 206 valence electrons. The number of ether oxygens (including phenoxy) is 1. The molecular weight excluding hydrogens is 511 g/mol. The Hall–Kier alpha value is -4.16. The standard InChI is InChI=1S/C26H30F3N9O/c1-31-24-17(21(30)20-22(15-5-6-15)33-14-34-25(20)39-4)12-38(10-9-36(24)2)19-8-7-16(11-32-19)23-35-18(13-37(23)3)26(27,28)29/h7-8,11,13-15H,5-6,9-10,12,30H2,1-4H3/b21-17-,31-24?. The molecule has 1 saturated carbocycles. The molecule has 3 aromatic heterocycles. The summed E-state index contributed by atoms with van der Waals surface area (Å²) in [5, 5.41) is 0. The fourth-order valence-corrected chi connectivity index (χ4v) is 4.84. The fourth-order valence-electron chi connectivity index (χ4n) is 4.84. The number of methoxy groups -OCH3 is 1. The Balaban J connectivity index is 1.52. The number of imidazole rings is 1. The Morgan fingerprint density at radius 2 is 1.90 bits per heavy atom. The van der Waals surface area contributed by atoms with Crippen molar-refractivity contribution in [1.29, 1.82) is 0 Å². The summed E-state index contributed by atoms with van der Waals surface area (Å²) >= 11 is 0. The van der Waals surface area contributed by atoms with Crippen molar-refractivity contribution in [3.63, 3.8) is 0 Å². The van der Waals surface area contributed by atoms with Crippen LogP contribution >= 0.6 is 0 Å². The number of anilines is 1. The highest BCUT2D eigenvalue weighted by Crippen LogP contribution is 2.44. The average Bonchev–Trinajstić information content (AvgIpc) is 3.71. The van der Waals surface area contributed by atoms with Gasteiger partial charge in [0.1, 0.15) is 23.8 Å². The number of halogens is 3. The predicted molar refractivity (Wildman–Crippen MR) is 141 cm³/mol. The summed E-state index contributed by atoms with van der Waals surface area (Å²) in [6.07, 6.45) is 1.55. The number of aliphatic imine (C=N–C) groups is 1. The first-order valence-corrected chi connectivity index (χ1v) is 12.5. The molecule has 10 nitrogen and oxygen atoms in total. The molecule has 1 saturated heterocycles. The highest BCUT2D eigenvalue weighted by atomic mass is 19.4. The Kier molecular flexibility index (Phi) is 6.91. The number of amidine groups is 1. The largest absolute Gasteiger partial charge is 0.480 e. The van der Waals surface area contributed by atoms with Crippen molar-refractivity contribution in [2.75, 3.05) is 45.7 Å². The summed E-state index contributed by atoms with van der Waals surface area (Å²) in [7, 11) is 6.77. The zero-order chi connectivity index (χ0) is 27.9. The van der Waals surface area contributed by atoms with Crippen molar-refractivity contribution < 1.29 is 17.9 Å². The number of aromatic nitrogens is 5. The second-order valence-corrected chi connectivity index (χ2v) is 9.66. The summed E-state index contributed by atoms with van der Waals surface area (Å²) in [5.41, 5.74) is 9.25. The van der Waals surface area contributed by atoms with Gasteiger partial charge in [0, 0.05) is 63.7 Å². The summed E-state index contributed by atoms with van der Waals surface area (Å²) in [6, 6.07) is 3.50.